The maximum absolute atomic E-state index is 9.20. The topological polar surface area (TPSA) is 32.3 Å². The van der Waals surface area contributed by atoms with Gasteiger partial charge in [0.05, 0.1) is 5.76 Å². The number of aliphatic hydroxyl groups is 1. The van der Waals surface area contributed by atoms with E-state index in [1.54, 1.807) is 13.0 Å². The van der Waals surface area contributed by atoms with Crippen LogP contribution in [0.4, 0.5) is 0 Å². The van der Waals surface area contributed by atoms with Gasteiger partial charge in [-0.3, -0.25) is 0 Å². The average molecular weight is 183 g/mol. The zero-order chi connectivity index (χ0) is 10.5. The first-order valence-electron chi connectivity index (χ1n) is 4.69. The fraction of sp³-hybridized carbons (Fsp3) is 0.636. The fourth-order valence-electron chi connectivity index (χ4n) is 1.02. The molecule has 0 rings (SSSR count). The van der Waals surface area contributed by atoms with Crippen LogP contribution in [0, 0.1) is 5.41 Å². The molecule has 0 saturated heterocycles. The summed E-state index contributed by atoms with van der Waals surface area (Å²) in [5.74, 6) is 0.350. The third-order valence-corrected chi connectivity index (χ3v) is 2.33. The Labute approximate surface area is 81.4 Å². The molecule has 2 nitrogen and oxygen atoms in total. The highest BCUT2D eigenvalue weighted by Gasteiger charge is 2.19. The van der Waals surface area contributed by atoms with Gasteiger partial charge in [0.1, 0.15) is 0 Å². The highest BCUT2D eigenvalue weighted by atomic mass is 16.3. The minimum atomic E-state index is 0.104. The maximum Gasteiger partial charge on any atom is 0.0895 e. The van der Waals surface area contributed by atoms with Crippen LogP contribution in [-0.2, 0) is 0 Å². The summed E-state index contributed by atoms with van der Waals surface area (Å²) in [5.41, 5.74) is 1.23. The molecule has 0 heterocycles. The molecule has 0 aromatic heterocycles. The van der Waals surface area contributed by atoms with Crippen molar-refractivity contribution in [2.24, 2.45) is 5.41 Å². The lowest BCUT2D eigenvalue weighted by Crippen LogP contribution is -2.14. The molecule has 13 heavy (non-hydrogen) atoms. The number of aliphatic hydroxyl groups excluding tert-OH is 1. The van der Waals surface area contributed by atoms with Gasteiger partial charge >= 0.3 is 0 Å². The van der Waals surface area contributed by atoms with Crippen LogP contribution in [0.25, 0.3) is 0 Å². The smallest absolute Gasteiger partial charge is 0.0895 e. The highest BCUT2D eigenvalue weighted by molar-refractivity contribution is 5.25. The summed E-state index contributed by atoms with van der Waals surface area (Å²) in [4.78, 5) is 0. The minimum Gasteiger partial charge on any atom is -0.513 e. The molecule has 2 N–H and O–H groups in total. The SMILES string of the molecule is CCC(C)(C)C(=C\NC)/C=C(\C)O. The van der Waals surface area contributed by atoms with E-state index in [1.807, 2.05) is 13.2 Å². The van der Waals surface area contributed by atoms with Crippen LogP contribution in [-0.4, -0.2) is 12.2 Å². The van der Waals surface area contributed by atoms with E-state index < -0.39 is 0 Å². The van der Waals surface area contributed by atoms with Crippen molar-refractivity contribution in [2.75, 3.05) is 7.05 Å². The monoisotopic (exact) mass is 183 g/mol. The Bertz CT molecular complexity index is 210. The molecule has 0 unspecified atom stereocenters. The maximum atomic E-state index is 9.20. The summed E-state index contributed by atoms with van der Waals surface area (Å²) in [6.45, 7) is 8.16. The van der Waals surface area contributed by atoms with E-state index in [0.29, 0.717) is 5.76 Å². The van der Waals surface area contributed by atoms with Crippen molar-refractivity contribution in [1.82, 2.24) is 5.32 Å². The summed E-state index contributed by atoms with van der Waals surface area (Å²) >= 11 is 0. The molecule has 0 bridgehead atoms. The largest absolute Gasteiger partial charge is 0.513 e. The Morgan fingerprint density at radius 1 is 1.46 bits per heavy atom. The molecule has 76 valence electrons. The van der Waals surface area contributed by atoms with Crippen molar-refractivity contribution >= 4 is 0 Å². The Morgan fingerprint density at radius 3 is 2.31 bits per heavy atom. The first-order chi connectivity index (χ1) is 5.94. The zero-order valence-electron chi connectivity index (χ0n) is 9.31. The Morgan fingerprint density at radius 2 is 2.00 bits per heavy atom. The van der Waals surface area contributed by atoms with Crippen LogP contribution in [0.2, 0.25) is 0 Å². The van der Waals surface area contributed by atoms with Gasteiger partial charge in [-0.2, -0.15) is 0 Å². The molecule has 0 aliphatic rings. The van der Waals surface area contributed by atoms with Gasteiger partial charge in [0.25, 0.3) is 0 Å². The molecule has 0 fully saturated rings. The molecule has 0 saturated carbocycles. The van der Waals surface area contributed by atoms with Crippen LogP contribution in [0.1, 0.15) is 34.1 Å². The van der Waals surface area contributed by atoms with Crippen molar-refractivity contribution < 1.29 is 5.11 Å². The van der Waals surface area contributed by atoms with Gasteiger partial charge in [-0.15, -0.1) is 0 Å². The Kier molecular flexibility index (Phi) is 4.60. The van der Waals surface area contributed by atoms with Gasteiger partial charge in [-0.25, -0.2) is 0 Å². The number of allylic oxidation sites excluding steroid dienone is 3. The van der Waals surface area contributed by atoms with Crippen molar-refractivity contribution in [3.05, 3.63) is 23.6 Å². The summed E-state index contributed by atoms with van der Waals surface area (Å²) < 4.78 is 0. The van der Waals surface area contributed by atoms with E-state index in [9.17, 15) is 5.11 Å². The van der Waals surface area contributed by atoms with E-state index >= 15 is 0 Å². The van der Waals surface area contributed by atoms with Gasteiger partial charge < -0.3 is 10.4 Å². The predicted molar refractivity (Wildman–Crippen MR) is 57.6 cm³/mol. The summed E-state index contributed by atoms with van der Waals surface area (Å²) in [6.07, 6.45) is 4.79. The molecule has 0 aromatic rings. The molecular weight excluding hydrogens is 162 g/mol. The molecule has 2 heteroatoms. The lowest BCUT2D eigenvalue weighted by molar-refractivity contribution is 0.401. The van der Waals surface area contributed by atoms with Gasteiger partial charge in [0.2, 0.25) is 0 Å². The zero-order valence-corrected chi connectivity index (χ0v) is 9.31. The van der Waals surface area contributed by atoms with E-state index in [0.717, 1.165) is 12.0 Å². The van der Waals surface area contributed by atoms with Crippen molar-refractivity contribution in [3.8, 4) is 0 Å². The molecule has 0 atom stereocenters. The first kappa shape index (κ1) is 12.1. The second-order valence-electron chi connectivity index (χ2n) is 3.91. The molecule has 0 spiro atoms. The van der Waals surface area contributed by atoms with Gasteiger partial charge in [0.15, 0.2) is 0 Å². The Balaban J connectivity index is 4.83. The van der Waals surface area contributed by atoms with E-state index in [2.05, 4.69) is 26.1 Å². The number of hydrogen-bond acceptors (Lipinski definition) is 2. The summed E-state index contributed by atoms with van der Waals surface area (Å²) in [5, 5.41) is 12.2. The van der Waals surface area contributed by atoms with E-state index in [-0.39, 0.29) is 5.41 Å². The third-order valence-electron chi connectivity index (χ3n) is 2.33. The predicted octanol–water partition coefficient (Wildman–Crippen LogP) is 2.99. The fourth-order valence-corrected chi connectivity index (χ4v) is 1.02. The van der Waals surface area contributed by atoms with Crippen molar-refractivity contribution in [2.45, 2.75) is 34.1 Å². The first-order valence-corrected chi connectivity index (χ1v) is 4.69. The third kappa shape index (κ3) is 4.02. The van der Waals surface area contributed by atoms with Gasteiger partial charge in [-0.05, 0) is 30.4 Å². The average Bonchev–Trinajstić information content (AvgIpc) is 2.03. The van der Waals surface area contributed by atoms with Crippen LogP contribution in [0.5, 0.6) is 0 Å². The van der Waals surface area contributed by atoms with E-state index in [4.69, 9.17) is 0 Å². The van der Waals surface area contributed by atoms with Gasteiger partial charge in [0, 0.05) is 13.2 Å². The van der Waals surface area contributed by atoms with E-state index in [1.165, 1.54) is 0 Å². The van der Waals surface area contributed by atoms with Crippen LogP contribution in [0.15, 0.2) is 23.6 Å². The number of nitrogens with one attached hydrogen (secondary N) is 1. The molecule has 0 aromatic carbocycles. The lowest BCUT2D eigenvalue weighted by atomic mass is 9.82. The number of rotatable bonds is 4. The lowest BCUT2D eigenvalue weighted by Gasteiger charge is -2.24. The molecular formula is C11H21NO. The quantitative estimate of drug-likeness (QED) is 0.518. The van der Waals surface area contributed by atoms with Crippen molar-refractivity contribution in [1.29, 1.82) is 0 Å². The van der Waals surface area contributed by atoms with Crippen LogP contribution >= 0.6 is 0 Å². The number of hydrogen-bond donors (Lipinski definition) is 2. The molecule has 0 radical (unpaired) electrons. The second-order valence-corrected chi connectivity index (χ2v) is 3.91. The summed E-state index contributed by atoms with van der Waals surface area (Å²) in [7, 11) is 1.87. The standard InChI is InChI=1S/C11H21NO/c1-6-11(3,4)10(8-12-5)7-9(2)13/h7-8,12-13H,6H2,1-5H3/b9-7+,10-8-. The summed E-state index contributed by atoms with van der Waals surface area (Å²) in [6, 6.07) is 0. The van der Waals surface area contributed by atoms with Gasteiger partial charge in [-0.1, -0.05) is 20.8 Å². The van der Waals surface area contributed by atoms with Crippen LogP contribution in [0.3, 0.4) is 0 Å². The van der Waals surface area contributed by atoms with Crippen molar-refractivity contribution in [3.63, 3.8) is 0 Å². The minimum absolute atomic E-state index is 0.104. The molecule has 0 amide bonds. The van der Waals surface area contributed by atoms with Crippen LogP contribution < -0.4 is 5.32 Å². The molecule has 0 aliphatic carbocycles. The Hall–Kier alpha value is -0.920. The molecule has 0 aliphatic heterocycles. The second kappa shape index (κ2) is 4.95. The highest BCUT2D eigenvalue weighted by Crippen LogP contribution is 2.30. The normalized spacial score (nSPS) is 14.5.